The lowest BCUT2D eigenvalue weighted by Crippen LogP contribution is -2.38. The van der Waals surface area contributed by atoms with E-state index in [1.165, 1.54) is 10.6 Å². The summed E-state index contributed by atoms with van der Waals surface area (Å²) in [5.74, 6) is 0.791. The zero-order valence-electron chi connectivity index (χ0n) is 13.9. The number of aromatic amines is 1. The van der Waals surface area contributed by atoms with Gasteiger partial charge in [0.2, 0.25) is 0 Å². The molecule has 24 heavy (non-hydrogen) atoms. The highest BCUT2D eigenvalue weighted by Gasteiger charge is 2.05. The molecule has 0 fully saturated rings. The topological polar surface area (TPSA) is 67.3 Å². The standard InChI is InChI=1S/C17H22ClN3O3/c1-13-12-16(22)21(17(23)19-13)10-9-20(2)8-3-11-24-15-6-4-14(18)5-7-15/h4-7,12H,3,8-11H2,1-2H3,(H,19,23). The Morgan fingerprint density at radius 3 is 2.58 bits per heavy atom. The van der Waals surface area contributed by atoms with Gasteiger partial charge in [-0.15, -0.1) is 0 Å². The van der Waals surface area contributed by atoms with Crippen LogP contribution in [-0.2, 0) is 6.54 Å². The van der Waals surface area contributed by atoms with Crippen LogP contribution < -0.4 is 16.0 Å². The molecule has 1 N–H and O–H groups in total. The fourth-order valence-corrected chi connectivity index (χ4v) is 2.41. The van der Waals surface area contributed by atoms with Crippen LogP contribution in [0.2, 0.25) is 5.02 Å². The molecule has 0 radical (unpaired) electrons. The highest BCUT2D eigenvalue weighted by molar-refractivity contribution is 6.30. The Hall–Kier alpha value is -2.05. The lowest BCUT2D eigenvalue weighted by atomic mass is 10.3. The summed E-state index contributed by atoms with van der Waals surface area (Å²) >= 11 is 5.82. The molecule has 6 nitrogen and oxygen atoms in total. The molecule has 2 aromatic rings. The van der Waals surface area contributed by atoms with Gasteiger partial charge in [0.05, 0.1) is 6.61 Å². The van der Waals surface area contributed by atoms with E-state index in [1.54, 1.807) is 19.1 Å². The number of halogens is 1. The summed E-state index contributed by atoms with van der Waals surface area (Å²) in [4.78, 5) is 28.3. The van der Waals surface area contributed by atoms with Crippen molar-refractivity contribution in [1.82, 2.24) is 14.5 Å². The number of H-pyrrole nitrogens is 1. The highest BCUT2D eigenvalue weighted by atomic mass is 35.5. The van der Waals surface area contributed by atoms with Crippen molar-refractivity contribution in [2.24, 2.45) is 0 Å². The molecule has 0 aliphatic heterocycles. The number of nitrogens with zero attached hydrogens (tertiary/aromatic N) is 2. The van der Waals surface area contributed by atoms with Crippen LogP contribution in [0.5, 0.6) is 5.75 Å². The van der Waals surface area contributed by atoms with Crippen molar-refractivity contribution in [1.29, 1.82) is 0 Å². The first-order chi connectivity index (χ1) is 11.5. The Balaban J connectivity index is 1.72. The third-order valence-corrected chi connectivity index (χ3v) is 3.88. The third kappa shape index (κ3) is 5.54. The molecule has 0 unspecified atom stereocenters. The van der Waals surface area contributed by atoms with Crippen LogP contribution in [0.25, 0.3) is 0 Å². The number of aromatic nitrogens is 2. The first-order valence-corrected chi connectivity index (χ1v) is 8.21. The minimum Gasteiger partial charge on any atom is -0.494 e. The minimum atomic E-state index is -0.362. The van der Waals surface area contributed by atoms with E-state index in [4.69, 9.17) is 16.3 Å². The maximum atomic E-state index is 11.8. The lowest BCUT2D eigenvalue weighted by molar-refractivity contribution is 0.256. The molecule has 1 aromatic carbocycles. The number of benzene rings is 1. The maximum Gasteiger partial charge on any atom is 0.328 e. The first-order valence-electron chi connectivity index (χ1n) is 7.83. The van der Waals surface area contributed by atoms with Gasteiger partial charge in [-0.3, -0.25) is 9.36 Å². The molecule has 1 aromatic heterocycles. The molecule has 0 amide bonds. The Labute approximate surface area is 145 Å². The van der Waals surface area contributed by atoms with Crippen LogP contribution in [0.1, 0.15) is 12.1 Å². The summed E-state index contributed by atoms with van der Waals surface area (Å²) in [6.45, 7) is 4.08. The van der Waals surface area contributed by atoms with Gasteiger partial charge in [0.1, 0.15) is 5.75 Å². The normalized spacial score (nSPS) is 11.0. The van der Waals surface area contributed by atoms with E-state index in [-0.39, 0.29) is 11.2 Å². The molecular formula is C17H22ClN3O3. The summed E-state index contributed by atoms with van der Waals surface area (Å²) in [6, 6.07) is 8.69. The number of aryl methyl sites for hydroxylation is 1. The molecule has 0 aliphatic carbocycles. The largest absolute Gasteiger partial charge is 0.494 e. The molecule has 0 atom stereocenters. The van der Waals surface area contributed by atoms with E-state index in [0.29, 0.717) is 30.4 Å². The summed E-state index contributed by atoms with van der Waals surface area (Å²) in [7, 11) is 1.95. The van der Waals surface area contributed by atoms with Crippen molar-refractivity contribution in [3.8, 4) is 5.75 Å². The average Bonchev–Trinajstić information content (AvgIpc) is 2.52. The first kappa shape index (κ1) is 18.3. The Bertz CT molecular complexity index is 737. The molecule has 130 valence electrons. The molecule has 0 spiro atoms. The van der Waals surface area contributed by atoms with Gasteiger partial charge >= 0.3 is 5.69 Å². The molecule has 1 heterocycles. The van der Waals surface area contributed by atoms with Crippen molar-refractivity contribution in [2.75, 3.05) is 26.7 Å². The SMILES string of the molecule is Cc1cc(=O)n(CCN(C)CCCOc2ccc(Cl)cc2)c(=O)[nH]1. The van der Waals surface area contributed by atoms with Crippen LogP contribution in [0, 0.1) is 6.92 Å². The summed E-state index contributed by atoms with van der Waals surface area (Å²) in [5, 5.41) is 0.684. The molecule has 0 aliphatic rings. The van der Waals surface area contributed by atoms with Gasteiger partial charge in [-0.05, 0) is 44.7 Å². The predicted octanol–water partition coefficient (Wildman–Crippen LogP) is 1.90. The van der Waals surface area contributed by atoms with Crippen LogP contribution in [-0.4, -0.2) is 41.2 Å². The molecule has 0 saturated heterocycles. The van der Waals surface area contributed by atoms with Crippen molar-refractivity contribution in [3.63, 3.8) is 0 Å². The van der Waals surface area contributed by atoms with Crippen LogP contribution in [0.3, 0.4) is 0 Å². The van der Waals surface area contributed by atoms with Gasteiger partial charge in [-0.1, -0.05) is 11.6 Å². The van der Waals surface area contributed by atoms with E-state index in [0.717, 1.165) is 18.7 Å². The van der Waals surface area contributed by atoms with Crippen molar-refractivity contribution >= 4 is 11.6 Å². The number of rotatable bonds is 8. The number of ether oxygens (including phenoxy) is 1. The zero-order valence-corrected chi connectivity index (χ0v) is 14.7. The van der Waals surface area contributed by atoms with E-state index in [9.17, 15) is 9.59 Å². The molecule has 0 saturated carbocycles. The van der Waals surface area contributed by atoms with E-state index >= 15 is 0 Å². The van der Waals surface area contributed by atoms with E-state index in [2.05, 4.69) is 9.88 Å². The van der Waals surface area contributed by atoms with E-state index in [1.807, 2.05) is 19.2 Å². The molecule has 7 heteroatoms. The Kier molecular flexibility index (Phi) is 6.63. The predicted molar refractivity (Wildman–Crippen MR) is 95.1 cm³/mol. The second kappa shape index (κ2) is 8.70. The fourth-order valence-electron chi connectivity index (χ4n) is 2.29. The fraction of sp³-hybridized carbons (Fsp3) is 0.412. The van der Waals surface area contributed by atoms with Crippen molar-refractivity contribution in [3.05, 3.63) is 61.9 Å². The van der Waals surface area contributed by atoms with Crippen LogP contribution >= 0.6 is 11.6 Å². The third-order valence-electron chi connectivity index (χ3n) is 3.63. The Morgan fingerprint density at radius 1 is 1.21 bits per heavy atom. The molecule has 0 bridgehead atoms. The van der Waals surface area contributed by atoms with Gasteiger partial charge in [0.25, 0.3) is 5.56 Å². The Morgan fingerprint density at radius 2 is 1.92 bits per heavy atom. The van der Waals surface area contributed by atoms with Gasteiger partial charge in [-0.2, -0.15) is 0 Å². The van der Waals surface area contributed by atoms with Crippen molar-refractivity contribution in [2.45, 2.75) is 19.9 Å². The minimum absolute atomic E-state index is 0.268. The maximum absolute atomic E-state index is 11.8. The molecule has 2 rings (SSSR count). The monoisotopic (exact) mass is 351 g/mol. The zero-order chi connectivity index (χ0) is 17.5. The van der Waals surface area contributed by atoms with Crippen LogP contribution in [0.15, 0.2) is 39.9 Å². The lowest BCUT2D eigenvalue weighted by Gasteiger charge is -2.17. The second-order valence-electron chi connectivity index (χ2n) is 5.71. The summed E-state index contributed by atoms with van der Waals surface area (Å²) < 4.78 is 6.85. The number of hydrogen-bond donors (Lipinski definition) is 1. The van der Waals surface area contributed by atoms with Crippen LogP contribution in [0.4, 0.5) is 0 Å². The number of likely N-dealkylation sites (N-methyl/N-ethyl adjacent to an activating group) is 1. The smallest absolute Gasteiger partial charge is 0.328 e. The van der Waals surface area contributed by atoms with Gasteiger partial charge in [0, 0.05) is 36.4 Å². The van der Waals surface area contributed by atoms with Gasteiger partial charge < -0.3 is 14.6 Å². The van der Waals surface area contributed by atoms with Crippen molar-refractivity contribution < 1.29 is 4.74 Å². The van der Waals surface area contributed by atoms with Gasteiger partial charge in [-0.25, -0.2) is 4.79 Å². The molecular weight excluding hydrogens is 330 g/mol. The average molecular weight is 352 g/mol. The summed E-state index contributed by atoms with van der Waals surface area (Å²) in [6.07, 6.45) is 0.846. The highest BCUT2D eigenvalue weighted by Crippen LogP contribution is 2.15. The number of hydrogen-bond acceptors (Lipinski definition) is 4. The quantitative estimate of drug-likeness (QED) is 0.738. The van der Waals surface area contributed by atoms with Gasteiger partial charge in [0.15, 0.2) is 0 Å². The van der Waals surface area contributed by atoms with E-state index < -0.39 is 0 Å². The summed E-state index contributed by atoms with van der Waals surface area (Å²) in [5.41, 5.74) is -0.0517. The second-order valence-corrected chi connectivity index (χ2v) is 6.14. The number of nitrogens with one attached hydrogen (secondary N) is 1.